The molecule has 0 bridgehead atoms. The summed E-state index contributed by atoms with van der Waals surface area (Å²) in [6.07, 6.45) is 6.93. The summed E-state index contributed by atoms with van der Waals surface area (Å²) in [6.45, 7) is 6.36. The van der Waals surface area contributed by atoms with Crippen molar-refractivity contribution in [2.75, 3.05) is 39.3 Å². The molecule has 1 aromatic carbocycles. The average molecular weight is 434 g/mol. The van der Waals surface area contributed by atoms with Crippen LogP contribution in [0, 0.1) is 0 Å². The predicted molar refractivity (Wildman–Crippen MR) is 111 cm³/mol. The molecule has 2 saturated heterocycles. The van der Waals surface area contributed by atoms with Gasteiger partial charge in [0.05, 0.1) is 6.54 Å². The minimum absolute atomic E-state index is 0.0357. The second-order valence-corrected chi connectivity index (χ2v) is 8.33. The number of likely N-dealkylation sites (tertiary alicyclic amines) is 1. The van der Waals surface area contributed by atoms with E-state index < -0.39 is 0 Å². The molecule has 0 aliphatic carbocycles. The van der Waals surface area contributed by atoms with Gasteiger partial charge in [0, 0.05) is 49.3 Å². The smallest absolute Gasteiger partial charge is 0.246 e. The Bertz CT molecular complexity index is 681. The first-order valence-corrected chi connectivity index (χ1v) is 10.6. The van der Waals surface area contributed by atoms with E-state index >= 15 is 0 Å². The maximum absolute atomic E-state index is 12.6. The van der Waals surface area contributed by atoms with Gasteiger partial charge in [-0.3, -0.25) is 14.5 Å². The molecule has 5 nitrogen and oxygen atoms in total. The van der Waals surface area contributed by atoms with Crippen molar-refractivity contribution in [2.45, 2.75) is 32.2 Å². The molecular weight excluding hydrogens is 406 g/mol. The number of benzene rings is 1. The molecule has 0 spiro atoms. The van der Waals surface area contributed by atoms with Crippen LogP contribution in [0.2, 0.25) is 0 Å². The molecule has 0 N–H and O–H groups in total. The highest BCUT2D eigenvalue weighted by molar-refractivity contribution is 9.10. The summed E-state index contributed by atoms with van der Waals surface area (Å²) < 4.78 is 1.02. The monoisotopic (exact) mass is 433 g/mol. The van der Waals surface area contributed by atoms with E-state index in [2.05, 4.69) is 27.8 Å². The lowest BCUT2D eigenvalue weighted by Gasteiger charge is -2.37. The van der Waals surface area contributed by atoms with Crippen molar-refractivity contribution in [1.29, 1.82) is 0 Å². The molecule has 2 fully saturated rings. The molecular formula is C21H28BrN3O2. The van der Waals surface area contributed by atoms with Crippen LogP contribution in [0.15, 0.2) is 34.8 Å². The van der Waals surface area contributed by atoms with Crippen LogP contribution in [0.3, 0.4) is 0 Å². The minimum Gasteiger partial charge on any atom is -0.339 e. The SMILES string of the molecule is C[C@@H]1CCCCN1C(=O)CN1CCN(C(=O)/C=C\c2ccc(Br)cc2)CC1. The highest BCUT2D eigenvalue weighted by atomic mass is 79.9. The molecule has 0 radical (unpaired) electrons. The first kappa shape index (κ1) is 20.1. The minimum atomic E-state index is 0.0357. The van der Waals surface area contributed by atoms with Gasteiger partial charge in [-0.2, -0.15) is 0 Å². The van der Waals surface area contributed by atoms with Crippen LogP contribution < -0.4 is 0 Å². The number of piperidine rings is 1. The van der Waals surface area contributed by atoms with E-state index in [4.69, 9.17) is 0 Å². The van der Waals surface area contributed by atoms with Crippen LogP contribution in [0.1, 0.15) is 31.7 Å². The van der Waals surface area contributed by atoms with E-state index in [1.807, 2.05) is 40.1 Å². The maximum Gasteiger partial charge on any atom is 0.246 e. The van der Waals surface area contributed by atoms with E-state index in [-0.39, 0.29) is 11.8 Å². The zero-order valence-corrected chi connectivity index (χ0v) is 17.5. The van der Waals surface area contributed by atoms with Crippen molar-refractivity contribution in [3.05, 3.63) is 40.4 Å². The molecule has 0 unspecified atom stereocenters. The van der Waals surface area contributed by atoms with Gasteiger partial charge in [0.25, 0.3) is 0 Å². The fraction of sp³-hybridized carbons (Fsp3) is 0.524. The van der Waals surface area contributed by atoms with E-state index in [9.17, 15) is 9.59 Å². The summed E-state index contributed by atoms with van der Waals surface area (Å²) in [5.41, 5.74) is 1.01. The summed E-state index contributed by atoms with van der Waals surface area (Å²) in [5.74, 6) is 0.269. The highest BCUT2D eigenvalue weighted by Crippen LogP contribution is 2.17. The number of hydrogen-bond acceptors (Lipinski definition) is 3. The molecule has 27 heavy (non-hydrogen) atoms. The molecule has 6 heteroatoms. The van der Waals surface area contributed by atoms with Crippen LogP contribution in [-0.4, -0.2) is 71.8 Å². The van der Waals surface area contributed by atoms with Gasteiger partial charge in [-0.25, -0.2) is 0 Å². The summed E-state index contributed by atoms with van der Waals surface area (Å²) in [4.78, 5) is 31.0. The van der Waals surface area contributed by atoms with Gasteiger partial charge < -0.3 is 9.80 Å². The summed E-state index contributed by atoms with van der Waals surface area (Å²) in [5, 5.41) is 0. The zero-order chi connectivity index (χ0) is 19.2. The Kier molecular flexibility index (Phi) is 7.07. The van der Waals surface area contributed by atoms with Gasteiger partial charge >= 0.3 is 0 Å². The van der Waals surface area contributed by atoms with Crippen molar-refractivity contribution in [3.63, 3.8) is 0 Å². The third-order valence-corrected chi connectivity index (χ3v) is 5.98. The Labute approximate surface area is 170 Å². The van der Waals surface area contributed by atoms with Gasteiger partial charge in [-0.15, -0.1) is 0 Å². The van der Waals surface area contributed by atoms with E-state index in [0.29, 0.717) is 25.7 Å². The summed E-state index contributed by atoms with van der Waals surface area (Å²) >= 11 is 3.41. The molecule has 0 saturated carbocycles. The Morgan fingerprint density at radius 2 is 1.78 bits per heavy atom. The van der Waals surface area contributed by atoms with Gasteiger partial charge in [0.15, 0.2) is 0 Å². The lowest BCUT2D eigenvalue weighted by molar-refractivity contribution is -0.136. The molecule has 2 aliphatic rings. The number of piperazine rings is 1. The van der Waals surface area contributed by atoms with Crippen LogP contribution in [0.25, 0.3) is 6.08 Å². The van der Waals surface area contributed by atoms with Gasteiger partial charge in [0.2, 0.25) is 11.8 Å². The molecule has 2 heterocycles. The third kappa shape index (κ3) is 5.66. The molecule has 3 rings (SSSR count). The summed E-state index contributed by atoms with van der Waals surface area (Å²) in [6, 6.07) is 8.22. The Morgan fingerprint density at radius 1 is 1.07 bits per heavy atom. The molecule has 2 aliphatic heterocycles. The number of amides is 2. The fourth-order valence-electron chi connectivity index (χ4n) is 3.72. The van der Waals surface area contributed by atoms with Gasteiger partial charge in [0.1, 0.15) is 0 Å². The maximum atomic E-state index is 12.6. The number of halogens is 1. The molecule has 1 atom stereocenters. The van der Waals surface area contributed by atoms with Crippen LogP contribution in [-0.2, 0) is 9.59 Å². The fourth-order valence-corrected chi connectivity index (χ4v) is 3.99. The van der Waals surface area contributed by atoms with Crippen molar-refractivity contribution in [1.82, 2.24) is 14.7 Å². The first-order chi connectivity index (χ1) is 13.0. The predicted octanol–water partition coefficient (Wildman–Crippen LogP) is 3.01. The lowest BCUT2D eigenvalue weighted by Crippen LogP contribution is -2.52. The Morgan fingerprint density at radius 3 is 2.44 bits per heavy atom. The van der Waals surface area contributed by atoms with Gasteiger partial charge in [-0.1, -0.05) is 28.1 Å². The highest BCUT2D eigenvalue weighted by Gasteiger charge is 2.26. The van der Waals surface area contributed by atoms with Crippen molar-refractivity contribution in [3.8, 4) is 0 Å². The second-order valence-electron chi connectivity index (χ2n) is 7.42. The summed E-state index contributed by atoms with van der Waals surface area (Å²) in [7, 11) is 0. The lowest BCUT2D eigenvalue weighted by atomic mass is 10.0. The first-order valence-electron chi connectivity index (χ1n) is 9.77. The third-order valence-electron chi connectivity index (χ3n) is 5.45. The van der Waals surface area contributed by atoms with Crippen LogP contribution in [0.5, 0.6) is 0 Å². The van der Waals surface area contributed by atoms with Crippen LogP contribution >= 0.6 is 15.9 Å². The number of nitrogens with zero attached hydrogens (tertiary/aromatic N) is 3. The quantitative estimate of drug-likeness (QED) is 0.685. The number of carbonyl (C=O) groups excluding carboxylic acids is 2. The molecule has 0 aromatic heterocycles. The van der Waals surface area contributed by atoms with Crippen molar-refractivity contribution >= 4 is 33.8 Å². The molecule has 1 aromatic rings. The standard InChI is InChI=1S/C21H28BrN3O2/c1-17-4-2-3-11-25(17)21(27)16-23-12-14-24(15-13-23)20(26)10-7-18-5-8-19(22)9-6-18/h5-10,17H,2-4,11-16H2,1H3/b10-7-/t17-/m1/s1. The largest absolute Gasteiger partial charge is 0.339 e. The number of carbonyl (C=O) groups is 2. The van der Waals surface area contributed by atoms with E-state index in [1.54, 1.807) is 6.08 Å². The van der Waals surface area contributed by atoms with Crippen molar-refractivity contribution in [2.24, 2.45) is 0 Å². The normalized spacial score (nSPS) is 21.6. The second kappa shape index (κ2) is 9.51. The Balaban J connectivity index is 1.44. The molecule has 2 amide bonds. The number of hydrogen-bond donors (Lipinski definition) is 0. The average Bonchev–Trinajstić information content (AvgIpc) is 2.68. The van der Waals surface area contributed by atoms with Crippen molar-refractivity contribution < 1.29 is 9.59 Å². The topological polar surface area (TPSA) is 43.9 Å². The van der Waals surface area contributed by atoms with Crippen LogP contribution in [0.4, 0.5) is 0 Å². The number of rotatable bonds is 4. The van der Waals surface area contributed by atoms with E-state index in [0.717, 1.165) is 42.5 Å². The van der Waals surface area contributed by atoms with Gasteiger partial charge in [-0.05, 0) is 50.0 Å². The van der Waals surface area contributed by atoms with E-state index in [1.165, 1.54) is 6.42 Å². The molecule has 146 valence electrons. The Hall–Kier alpha value is -1.66. The zero-order valence-electron chi connectivity index (χ0n) is 15.9.